The summed E-state index contributed by atoms with van der Waals surface area (Å²) in [5.74, 6) is -0.194. The SMILES string of the molecule is Cc1c(NS(C)(=O)=O)cccc1C(=O)N(C)c1ccccc1. The maximum Gasteiger partial charge on any atom is 0.258 e. The highest BCUT2D eigenvalue weighted by Gasteiger charge is 2.18. The van der Waals surface area contributed by atoms with Gasteiger partial charge in [0.15, 0.2) is 0 Å². The van der Waals surface area contributed by atoms with Crippen molar-refractivity contribution < 1.29 is 13.2 Å². The lowest BCUT2D eigenvalue weighted by atomic mass is 10.1. The Labute approximate surface area is 130 Å². The molecule has 0 aliphatic rings. The van der Waals surface area contributed by atoms with Crippen molar-refractivity contribution in [3.8, 4) is 0 Å². The fourth-order valence-electron chi connectivity index (χ4n) is 2.13. The first-order valence-electron chi connectivity index (χ1n) is 6.70. The maximum absolute atomic E-state index is 12.6. The van der Waals surface area contributed by atoms with Crippen molar-refractivity contribution in [2.45, 2.75) is 6.92 Å². The zero-order chi connectivity index (χ0) is 16.3. The second kappa shape index (κ2) is 6.19. The molecular weight excluding hydrogens is 300 g/mol. The molecule has 22 heavy (non-hydrogen) atoms. The highest BCUT2D eigenvalue weighted by atomic mass is 32.2. The summed E-state index contributed by atoms with van der Waals surface area (Å²) in [6.07, 6.45) is 1.08. The number of carbonyl (C=O) groups excluding carboxylic acids is 1. The second-order valence-corrected chi connectivity index (χ2v) is 6.80. The third kappa shape index (κ3) is 3.65. The summed E-state index contributed by atoms with van der Waals surface area (Å²) in [6, 6.07) is 14.2. The van der Waals surface area contributed by atoms with Crippen molar-refractivity contribution in [3.05, 3.63) is 59.7 Å². The smallest absolute Gasteiger partial charge is 0.258 e. The summed E-state index contributed by atoms with van der Waals surface area (Å²) in [5, 5.41) is 0. The van der Waals surface area contributed by atoms with Crippen molar-refractivity contribution >= 4 is 27.3 Å². The van der Waals surface area contributed by atoms with Crippen LogP contribution in [0.3, 0.4) is 0 Å². The Morgan fingerprint density at radius 2 is 1.68 bits per heavy atom. The molecule has 116 valence electrons. The molecule has 1 N–H and O–H groups in total. The average Bonchev–Trinajstić information content (AvgIpc) is 2.47. The number of anilines is 2. The van der Waals surface area contributed by atoms with Gasteiger partial charge in [-0.1, -0.05) is 24.3 Å². The van der Waals surface area contributed by atoms with Crippen LogP contribution in [-0.4, -0.2) is 27.6 Å². The van der Waals surface area contributed by atoms with E-state index in [-0.39, 0.29) is 5.91 Å². The van der Waals surface area contributed by atoms with E-state index in [4.69, 9.17) is 0 Å². The highest BCUT2D eigenvalue weighted by molar-refractivity contribution is 7.92. The van der Waals surface area contributed by atoms with E-state index in [9.17, 15) is 13.2 Å². The molecule has 0 aliphatic heterocycles. The van der Waals surface area contributed by atoms with E-state index in [1.54, 1.807) is 32.2 Å². The van der Waals surface area contributed by atoms with Crippen molar-refractivity contribution in [2.75, 3.05) is 22.9 Å². The standard InChI is InChI=1S/C16H18N2O3S/c1-12-14(10-7-11-15(12)17-22(3,20)21)16(19)18(2)13-8-5-4-6-9-13/h4-11,17H,1-3H3. The minimum absolute atomic E-state index is 0.194. The molecule has 6 heteroatoms. The topological polar surface area (TPSA) is 66.5 Å². The van der Waals surface area contributed by atoms with Crippen LogP contribution in [0.1, 0.15) is 15.9 Å². The van der Waals surface area contributed by atoms with Gasteiger partial charge in [0.1, 0.15) is 0 Å². The molecule has 2 rings (SSSR count). The molecule has 0 bridgehead atoms. The molecule has 0 fully saturated rings. The van der Waals surface area contributed by atoms with E-state index in [1.807, 2.05) is 30.3 Å². The first-order chi connectivity index (χ1) is 10.3. The van der Waals surface area contributed by atoms with Crippen molar-refractivity contribution in [3.63, 3.8) is 0 Å². The number of nitrogens with zero attached hydrogens (tertiary/aromatic N) is 1. The monoisotopic (exact) mass is 318 g/mol. The molecule has 0 spiro atoms. The summed E-state index contributed by atoms with van der Waals surface area (Å²) < 4.78 is 25.2. The Kier molecular flexibility index (Phi) is 4.51. The van der Waals surface area contributed by atoms with Gasteiger partial charge in [0.25, 0.3) is 5.91 Å². The Balaban J connectivity index is 2.37. The van der Waals surface area contributed by atoms with Gasteiger partial charge in [-0.3, -0.25) is 9.52 Å². The summed E-state index contributed by atoms with van der Waals surface area (Å²) in [7, 11) is -1.70. The van der Waals surface area contributed by atoms with Gasteiger partial charge in [0, 0.05) is 18.3 Å². The lowest BCUT2D eigenvalue weighted by molar-refractivity contribution is 0.0992. The van der Waals surface area contributed by atoms with Crippen LogP contribution in [0.2, 0.25) is 0 Å². The molecule has 0 aliphatic carbocycles. The molecule has 2 aromatic carbocycles. The van der Waals surface area contributed by atoms with Gasteiger partial charge >= 0.3 is 0 Å². The Hall–Kier alpha value is -2.34. The number of carbonyl (C=O) groups is 1. The minimum Gasteiger partial charge on any atom is -0.311 e. The molecular formula is C16H18N2O3S. The molecule has 5 nitrogen and oxygen atoms in total. The Morgan fingerprint density at radius 1 is 1.05 bits per heavy atom. The van der Waals surface area contributed by atoms with Crippen LogP contribution < -0.4 is 9.62 Å². The lowest BCUT2D eigenvalue weighted by Gasteiger charge is -2.19. The summed E-state index contributed by atoms with van der Waals surface area (Å²) in [5.41, 5.74) is 2.24. The minimum atomic E-state index is -3.39. The number of amides is 1. The predicted molar refractivity (Wildman–Crippen MR) is 88.8 cm³/mol. The normalized spacial score (nSPS) is 11.0. The molecule has 0 atom stereocenters. The maximum atomic E-state index is 12.6. The number of hydrogen-bond donors (Lipinski definition) is 1. The molecule has 0 saturated carbocycles. The number of sulfonamides is 1. The van der Waals surface area contributed by atoms with Gasteiger partial charge in [0.05, 0.1) is 11.9 Å². The molecule has 0 unspecified atom stereocenters. The van der Waals surface area contributed by atoms with E-state index in [0.717, 1.165) is 11.9 Å². The third-order valence-electron chi connectivity index (χ3n) is 3.31. The van der Waals surface area contributed by atoms with E-state index in [2.05, 4.69) is 4.72 Å². The lowest BCUT2D eigenvalue weighted by Crippen LogP contribution is -2.27. The van der Waals surface area contributed by atoms with Crippen molar-refractivity contribution in [1.82, 2.24) is 0 Å². The van der Waals surface area contributed by atoms with E-state index in [1.165, 1.54) is 4.90 Å². The van der Waals surface area contributed by atoms with Crippen LogP contribution in [0.25, 0.3) is 0 Å². The van der Waals surface area contributed by atoms with Gasteiger partial charge < -0.3 is 4.90 Å². The summed E-state index contributed by atoms with van der Waals surface area (Å²) in [4.78, 5) is 14.2. The number of benzene rings is 2. The first kappa shape index (κ1) is 16.0. The molecule has 0 aromatic heterocycles. The highest BCUT2D eigenvalue weighted by Crippen LogP contribution is 2.23. The van der Waals surface area contributed by atoms with E-state index < -0.39 is 10.0 Å². The zero-order valence-electron chi connectivity index (χ0n) is 12.7. The average molecular weight is 318 g/mol. The number of nitrogens with one attached hydrogen (secondary N) is 1. The van der Waals surface area contributed by atoms with Crippen LogP contribution in [0.5, 0.6) is 0 Å². The van der Waals surface area contributed by atoms with Crippen LogP contribution in [-0.2, 0) is 10.0 Å². The second-order valence-electron chi connectivity index (χ2n) is 5.05. The number of hydrogen-bond acceptors (Lipinski definition) is 3. The third-order valence-corrected chi connectivity index (χ3v) is 3.90. The van der Waals surface area contributed by atoms with Crippen LogP contribution in [0.4, 0.5) is 11.4 Å². The van der Waals surface area contributed by atoms with Crippen LogP contribution in [0.15, 0.2) is 48.5 Å². The summed E-state index contributed by atoms with van der Waals surface area (Å²) in [6.45, 7) is 1.72. The van der Waals surface area contributed by atoms with E-state index >= 15 is 0 Å². The molecule has 2 aromatic rings. The first-order valence-corrected chi connectivity index (χ1v) is 8.59. The molecule has 0 saturated heterocycles. The van der Waals surface area contributed by atoms with Crippen LogP contribution in [0, 0.1) is 6.92 Å². The van der Waals surface area contributed by atoms with Gasteiger partial charge in [-0.05, 0) is 36.8 Å². The Bertz CT molecular complexity index is 786. The number of rotatable bonds is 4. The molecule has 0 radical (unpaired) electrons. The summed E-state index contributed by atoms with van der Waals surface area (Å²) >= 11 is 0. The Morgan fingerprint density at radius 3 is 2.27 bits per heavy atom. The largest absolute Gasteiger partial charge is 0.311 e. The van der Waals surface area contributed by atoms with Gasteiger partial charge in [0.2, 0.25) is 10.0 Å². The van der Waals surface area contributed by atoms with E-state index in [0.29, 0.717) is 16.8 Å². The zero-order valence-corrected chi connectivity index (χ0v) is 13.5. The van der Waals surface area contributed by atoms with Gasteiger partial charge in [-0.15, -0.1) is 0 Å². The molecule has 0 heterocycles. The predicted octanol–water partition coefficient (Wildman–Crippen LogP) is 2.64. The fourth-order valence-corrected chi connectivity index (χ4v) is 2.75. The molecule has 1 amide bonds. The fraction of sp³-hybridized carbons (Fsp3) is 0.188. The quantitative estimate of drug-likeness (QED) is 0.942. The van der Waals surface area contributed by atoms with Crippen LogP contribution >= 0.6 is 0 Å². The van der Waals surface area contributed by atoms with Gasteiger partial charge in [-0.2, -0.15) is 0 Å². The van der Waals surface area contributed by atoms with Crippen molar-refractivity contribution in [1.29, 1.82) is 0 Å². The number of para-hydroxylation sites is 1. The van der Waals surface area contributed by atoms with Crippen molar-refractivity contribution in [2.24, 2.45) is 0 Å². The van der Waals surface area contributed by atoms with Gasteiger partial charge in [-0.25, -0.2) is 8.42 Å².